The number of nitrogens with zero attached hydrogens (tertiary/aromatic N) is 3. The molecular formula is C12H11N5O4. The van der Waals surface area contributed by atoms with Crippen molar-refractivity contribution in [3.63, 3.8) is 0 Å². The maximum absolute atomic E-state index is 11.8. The van der Waals surface area contributed by atoms with Gasteiger partial charge in [-0.3, -0.25) is 30.1 Å². The van der Waals surface area contributed by atoms with Crippen LogP contribution in [0.1, 0.15) is 16.1 Å². The summed E-state index contributed by atoms with van der Waals surface area (Å²) >= 11 is 0. The van der Waals surface area contributed by atoms with Crippen LogP contribution in [-0.2, 0) is 6.54 Å². The summed E-state index contributed by atoms with van der Waals surface area (Å²) in [6.07, 6.45) is 2.73. The number of nitrogens with two attached hydrogens (primary N) is 1. The van der Waals surface area contributed by atoms with Gasteiger partial charge in [-0.1, -0.05) is 0 Å². The maximum atomic E-state index is 11.8. The number of carbonyl (C=O) groups is 1. The Morgan fingerprint density at radius 3 is 2.76 bits per heavy atom. The van der Waals surface area contributed by atoms with Gasteiger partial charge in [-0.05, 0) is 18.2 Å². The summed E-state index contributed by atoms with van der Waals surface area (Å²) < 4.78 is 1.17. The van der Waals surface area contributed by atoms with E-state index in [4.69, 9.17) is 5.84 Å². The van der Waals surface area contributed by atoms with Gasteiger partial charge in [0.25, 0.3) is 5.91 Å². The van der Waals surface area contributed by atoms with Gasteiger partial charge in [0.15, 0.2) is 0 Å². The molecule has 3 N–H and O–H groups in total. The average molecular weight is 289 g/mol. The summed E-state index contributed by atoms with van der Waals surface area (Å²) in [5, 5.41) is 10.7. The Morgan fingerprint density at radius 2 is 2.19 bits per heavy atom. The monoisotopic (exact) mass is 289 g/mol. The largest absolute Gasteiger partial charge is 0.334 e. The lowest BCUT2D eigenvalue weighted by Crippen LogP contribution is -2.30. The van der Waals surface area contributed by atoms with Crippen LogP contribution in [0.15, 0.2) is 41.5 Å². The van der Waals surface area contributed by atoms with Gasteiger partial charge in [-0.15, -0.1) is 0 Å². The number of hydrogen-bond donors (Lipinski definition) is 2. The first-order valence-corrected chi connectivity index (χ1v) is 5.82. The summed E-state index contributed by atoms with van der Waals surface area (Å²) in [5.74, 6) is 4.51. The second-order valence-corrected chi connectivity index (χ2v) is 4.10. The molecule has 21 heavy (non-hydrogen) atoms. The molecule has 0 atom stereocenters. The minimum absolute atomic E-state index is 0.0606. The third kappa shape index (κ3) is 3.09. The zero-order valence-electron chi connectivity index (χ0n) is 10.7. The van der Waals surface area contributed by atoms with Crippen LogP contribution in [-0.4, -0.2) is 20.4 Å². The van der Waals surface area contributed by atoms with Crippen LogP contribution in [0.3, 0.4) is 0 Å². The predicted molar refractivity (Wildman–Crippen MR) is 72.3 cm³/mol. The SMILES string of the molecule is NNC(=O)c1ccc(Cn2cccc([N+](=O)[O-])c2=O)nc1. The Morgan fingerprint density at radius 1 is 1.43 bits per heavy atom. The number of hydrazine groups is 1. The average Bonchev–Trinajstić information content (AvgIpc) is 2.49. The van der Waals surface area contributed by atoms with Gasteiger partial charge in [0.2, 0.25) is 0 Å². The maximum Gasteiger partial charge on any atom is 0.334 e. The van der Waals surface area contributed by atoms with E-state index in [1.807, 2.05) is 5.43 Å². The third-order valence-corrected chi connectivity index (χ3v) is 2.75. The standard InChI is InChI=1S/C12H11N5O4/c13-15-11(18)8-3-4-9(14-6-8)7-16-5-1-2-10(12(16)19)17(20)21/h1-6H,7,13H2,(H,15,18). The van der Waals surface area contributed by atoms with Crippen LogP contribution in [0, 0.1) is 10.1 Å². The number of aromatic nitrogens is 2. The number of hydrogen-bond acceptors (Lipinski definition) is 6. The topological polar surface area (TPSA) is 133 Å². The fourth-order valence-corrected chi connectivity index (χ4v) is 1.70. The van der Waals surface area contributed by atoms with Crippen molar-refractivity contribution in [1.82, 2.24) is 15.0 Å². The lowest BCUT2D eigenvalue weighted by atomic mass is 10.2. The first kappa shape index (κ1) is 14.3. The number of rotatable bonds is 4. The Kier molecular flexibility index (Phi) is 4.05. The smallest absolute Gasteiger partial charge is 0.304 e. The Labute approximate surface area is 118 Å². The van der Waals surface area contributed by atoms with Crippen LogP contribution >= 0.6 is 0 Å². The van der Waals surface area contributed by atoms with E-state index in [-0.39, 0.29) is 12.1 Å². The molecule has 2 aromatic rings. The summed E-state index contributed by atoms with van der Waals surface area (Å²) in [4.78, 5) is 37.1. The van der Waals surface area contributed by atoms with E-state index in [1.165, 1.54) is 35.2 Å². The van der Waals surface area contributed by atoms with Crippen molar-refractivity contribution in [2.75, 3.05) is 0 Å². The molecule has 2 aromatic heterocycles. The highest BCUT2D eigenvalue weighted by atomic mass is 16.6. The summed E-state index contributed by atoms with van der Waals surface area (Å²) in [6.45, 7) is 0.0606. The minimum atomic E-state index is -0.735. The van der Waals surface area contributed by atoms with Crippen LogP contribution in [0.4, 0.5) is 5.69 Å². The number of amides is 1. The van der Waals surface area contributed by atoms with Gasteiger partial charge in [-0.25, -0.2) is 5.84 Å². The Bertz CT molecular complexity index is 738. The molecule has 0 fully saturated rings. The van der Waals surface area contributed by atoms with Gasteiger partial charge in [0.05, 0.1) is 22.7 Å². The molecule has 1 amide bonds. The molecule has 0 saturated carbocycles. The zero-order valence-corrected chi connectivity index (χ0v) is 10.7. The van der Waals surface area contributed by atoms with E-state index in [1.54, 1.807) is 0 Å². The second kappa shape index (κ2) is 5.92. The Hall–Kier alpha value is -3.07. The molecule has 0 spiro atoms. The normalized spacial score (nSPS) is 10.1. The number of carbonyl (C=O) groups excluding carboxylic acids is 1. The fourth-order valence-electron chi connectivity index (χ4n) is 1.70. The molecule has 0 aliphatic carbocycles. The first-order valence-electron chi connectivity index (χ1n) is 5.82. The lowest BCUT2D eigenvalue weighted by Gasteiger charge is -2.05. The van der Waals surface area contributed by atoms with Crippen molar-refractivity contribution >= 4 is 11.6 Å². The molecule has 0 aliphatic heterocycles. The zero-order chi connectivity index (χ0) is 15.4. The highest BCUT2D eigenvalue weighted by molar-refractivity contribution is 5.93. The van der Waals surface area contributed by atoms with E-state index in [0.29, 0.717) is 5.69 Å². The fraction of sp³-hybridized carbons (Fsp3) is 0.0833. The quantitative estimate of drug-likeness (QED) is 0.346. The number of nitrogens with one attached hydrogen (secondary N) is 1. The molecule has 0 radical (unpaired) electrons. The van der Waals surface area contributed by atoms with Gasteiger partial charge < -0.3 is 4.57 Å². The van der Waals surface area contributed by atoms with Gasteiger partial charge in [0, 0.05) is 18.5 Å². The van der Waals surface area contributed by atoms with E-state index in [0.717, 1.165) is 6.07 Å². The summed E-state index contributed by atoms with van der Waals surface area (Å²) in [5.41, 5.74) is 1.50. The van der Waals surface area contributed by atoms with Crippen molar-refractivity contribution in [3.05, 3.63) is 68.4 Å². The molecule has 0 aliphatic rings. The summed E-state index contributed by atoms with van der Waals surface area (Å²) in [7, 11) is 0. The van der Waals surface area contributed by atoms with Crippen LogP contribution < -0.4 is 16.8 Å². The number of nitrogen functional groups attached to an aromatic ring is 1. The van der Waals surface area contributed by atoms with Crippen molar-refractivity contribution in [2.45, 2.75) is 6.54 Å². The number of pyridine rings is 2. The van der Waals surface area contributed by atoms with Gasteiger partial charge >= 0.3 is 11.2 Å². The highest BCUT2D eigenvalue weighted by Gasteiger charge is 2.13. The molecular weight excluding hydrogens is 278 g/mol. The minimum Gasteiger partial charge on any atom is -0.304 e. The molecule has 9 nitrogen and oxygen atoms in total. The molecule has 2 rings (SSSR count). The highest BCUT2D eigenvalue weighted by Crippen LogP contribution is 2.05. The van der Waals surface area contributed by atoms with Crippen LogP contribution in [0.2, 0.25) is 0 Å². The van der Waals surface area contributed by atoms with E-state index < -0.39 is 22.1 Å². The van der Waals surface area contributed by atoms with Crippen LogP contribution in [0.5, 0.6) is 0 Å². The lowest BCUT2D eigenvalue weighted by molar-refractivity contribution is -0.386. The summed E-state index contributed by atoms with van der Waals surface area (Å²) in [6, 6.07) is 5.58. The number of nitro groups is 1. The second-order valence-electron chi connectivity index (χ2n) is 4.10. The molecule has 0 aromatic carbocycles. The molecule has 0 bridgehead atoms. The van der Waals surface area contributed by atoms with Crippen molar-refractivity contribution < 1.29 is 9.72 Å². The molecule has 108 valence electrons. The van der Waals surface area contributed by atoms with Crippen molar-refractivity contribution in [3.8, 4) is 0 Å². The third-order valence-electron chi connectivity index (χ3n) is 2.75. The van der Waals surface area contributed by atoms with E-state index in [9.17, 15) is 19.7 Å². The molecule has 2 heterocycles. The van der Waals surface area contributed by atoms with Gasteiger partial charge in [0.1, 0.15) is 0 Å². The molecule has 0 unspecified atom stereocenters. The van der Waals surface area contributed by atoms with Crippen LogP contribution in [0.25, 0.3) is 0 Å². The van der Waals surface area contributed by atoms with Gasteiger partial charge in [-0.2, -0.15) is 0 Å². The predicted octanol–water partition coefficient (Wildman–Crippen LogP) is -0.197. The van der Waals surface area contributed by atoms with E-state index in [2.05, 4.69) is 4.98 Å². The first-order chi connectivity index (χ1) is 10.0. The van der Waals surface area contributed by atoms with E-state index >= 15 is 0 Å². The molecule has 9 heteroatoms. The van der Waals surface area contributed by atoms with Crippen molar-refractivity contribution in [2.24, 2.45) is 5.84 Å². The van der Waals surface area contributed by atoms with Crippen molar-refractivity contribution in [1.29, 1.82) is 0 Å². The Balaban J connectivity index is 2.27. The molecule has 0 saturated heterocycles.